The maximum absolute atomic E-state index is 13.1. The number of carbonyl (C=O) groups is 1. The molecule has 4 rings (SSSR count). The number of amides is 1. The molecular formula is C24H26N4O2. The van der Waals surface area contributed by atoms with Crippen molar-refractivity contribution in [1.29, 1.82) is 0 Å². The molecule has 1 atom stereocenters. The Hall–Kier alpha value is -3.41. The Morgan fingerprint density at radius 3 is 2.70 bits per heavy atom. The van der Waals surface area contributed by atoms with Gasteiger partial charge >= 0.3 is 0 Å². The Balaban J connectivity index is 1.58. The third-order valence-electron chi connectivity index (χ3n) is 5.21. The molecule has 1 unspecified atom stereocenters. The van der Waals surface area contributed by atoms with E-state index in [1.54, 1.807) is 6.26 Å². The summed E-state index contributed by atoms with van der Waals surface area (Å²) in [5, 5.41) is 8.61. The maximum atomic E-state index is 13.1. The van der Waals surface area contributed by atoms with Crippen LogP contribution in [0.2, 0.25) is 0 Å². The molecule has 1 N–H and O–H groups in total. The molecule has 30 heavy (non-hydrogen) atoms. The van der Waals surface area contributed by atoms with Crippen molar-refractivity contribution >= 4 is 16.9 Å². The van der Waals surface area contributed by atoms with E-state index < -0.39 is 0 Å². The van der Waals surface area contributed by atoms with Gasteiger partial charge < -0.3 is 9.73 Å². The van der Waals surface area contributed by atoms with Crippen molar-refractivity contribution in [3.8, 4) is 0 Å². The van der Waals surface area contributed by atoms with Crippen LogP contribution in [0.3, 0.4) is 0 Å². The number of carbonyl (C=O) groups excluding carboxylic acids is 1. The van der Waals surface area contributed by atoms with Gasteiger partial charge in [0.1, 0.15) is 5.76 Å². The highest BCUT2D eigenvalue weighted by Gasteiger charge is 2.20. The molecule has 6 heteroatoms. The molecule has 0 saturated heterocycles. The summed E-state index contributed by atoms with van der Waals surface area (Å²) >= 11 is 0. The summed E-state index contributed by atoms with van der Waals surface area (Å²) in [6.07, 6.45) is 3.26. The highest BCUT2D eigenvalue weighted by molar-refractivity contribution is 6.06. The van der Waals surface area contributed by atoms with E-state index in [4.69, 9.17) is 9.40 Å². The van der Waals surface area contributed by atoms with Crippen LogP contribution < -0.4 is 5.32 Å². The highest BCUT2D eigenvalue weighted by Crippen LogP contribution is 2.23. The van der Waals surface area contributed by atoms with Crippen LogP contribution in [-0.2, 0) is 13.0 Å². The zero-order valence-electron chi connectivity index (χ0n) is 17.6. The third-order valence-corrected chi connectivity index (χ3v) is 5.21. The Morgan fingerprint density at radius 2 is 1.97 bits per heavy atom. The number of nitrogens with one attached hydrogen (secondary N) is 1. The molecule has 0 aliphatic heterocycles. The van der Waals surface area contributed by atoms with E-state index in [-0.39, 0.29) is 11.9 Å². The minimum absolute atomic E-state index is 0.0193. The van der Waals surface area contributed by atoms with Crippen LogP contribution in [0.25, 0.3) is 11.0 Å². The SMILES string of the molecule is Cc1cc(C(=O)NC(C)CCc2ccco2)c2c(C)nn(Cc3ccccc3)c2n1. The molecule has 154 valence electrons. The van der Waals surface area contributed by atoms with Crippen LogP contribution in [0.15, 0.2) is 59.2 Å². The number of pyridine rings is 1. The normalized spacial score (nSPS) is 12.2. The van der Waals surface area contributed by atoms with E-state index in [0.717, 1.165) is 46.6 Å². The molecule has 1 amide bonds. The average Bonchev–Trinajstić information content (AvgIpc) is 3.35. The van der Waals surface area contributed by atoms with E-state index in [1.807, 2.05) is 61.9 Å². The first kappa shape index (κ1) is 19.9. The number of benzene rings is 1. The van der Waals surface area contributed by atoms with Crippen LogP contribution in [-0.4, -0.2) is 26.7 Å². The van der Waals surface area contributed by atoms with Crippen LogP contribution in [0, 0.1) is 13.8 Å². The van der Waals surface area contributed by atoms with E-state index in [2.05, 4.69) is 22.5 Å². The van der Waals surface area contributed by atoms with Gasteiger partial charge in [0.2, 0.25) is 0 Å². The van der Waals surface area contributed by atoms with E-state index in [1.165, 1.54) is 0 Å². The maximum Gasteiger partial charge on any atom is 0.252 e. The molecule has 0 aliphatic carbocycles. The molecular weight excluding hydrogens is 376 g/mol. The van der Waals surface area contributed by atoms with Crippen molar-refractivity contribution in [2.75, 3.05) is 0 Å². The van der Waals surface area contributed by atoms with Gasteiger partial charge in [0.25, 0.3) is 5.91 Å². The minimum atomic E-state index is -0.0974. The van der Waals surface area contributed by atoms with E-state index in [0.29, 0.717) is 12.1 Å². The summed E-state index contributed by atoms with van der Waals surface area (Å²) in [5.41, 5.74) is 4.11. The number of furan rings is 1. The number of aryl methyl sites for hydroxylation is 3. The summed E-state index contributed by atoms with van der Waals surface area (Å²) in [5.74, 6) is 0.830. The lowest BCUT2D eigenvalue weighted by molar-refractivity contribution is 0.0939. The first-order valence-electron chi connectivity index (χ1n) is 10.2. The van der Waals surface area contributed by atoms with Crippen molar-refractivity contribution in [3.05, 3.63) is 83.1 Å². The van der Waals surface area contributed by atoms with E-state index in [9.17, 15) is 4.79 Å². The van der Waals surface area contributed by atoms with Crippen molar-refractivity contribution in [2.45, 2.75) is 46.2 Å². The minimum Gasteiger partial charge on any atom is -0.469 e. The number of hydrogen-bond donors (Lipinski definition) is 1. The topological polar surface area (TPSA) is 73.0 Å². The average molecular weight is 402 g/mol. The second-order valence-electron chi connectivity index (χ2n) is 7.73. The van der Waals surface area contributed by atoms with Crippen LogP contribution >= 0.6 is 0 Å². The van der Waals surface area contributed by atoms with Crippen molar-refractivity contribution < 1.29 is 9.21 Å². The summed E-state index contributed by atoms with van der Waals surface area (Å²) in [4.78, 5) is 17.8. The van der Waals surface area contributed by atoms with Crippen molar-refractivity contribution in [3.63, 3.8) is 0 Å². The van der Waals surface area contributed by atoms with Gasteiger partial charge in [-0.1, -0.05) is 30.3 Å². The Labute approximate surface area is 175 Å². The summed E-state index contributed by atoms with van der Waals surface area (Å²) in [6, 6.07) is 15.8. The molecule has 0 saturated carbocycles. The lowest BCUT2D eigenvalue weighted by atomic mass is 10.1. The molecule has 0 bridgehead atoms. The largest absolute Gasteiger partial charge is 0.469 e. The lowest BCUT2D eigenvalue weighted by Gasteiger charge is -2.14. The molecule has 3 aromatic heterocycles. The zero-order valence-corrected chi connectivity index (χ0v) is 17.6. The number of hydrogen-bond acceptors (Lipinski definition) is 4. The Morgan fingerprint density at radius 1 is 1.17 bits per heavy atom. The molecule has 0 fully saturated rings. The summed E-state index contributed by atoms with van der Waals surface area (Å²) in [6.45, 7) is 6.46. The van der Waals surface area contributed by atoms with Crippen molar-refractivity contribution in [1.82, 2.24) is 20.1 Å². The zero-order chi connectivity index (χ0) is 21.1. The fourth-order valence-corrected chi connectivity index (χ4v) is 3.71. The lowest BCUT2D eigenvalue weighted by Crippen LogP contribution is -2.33. The number of fused-ring (bicyclic) bond motifs is 1. The first-order valence-corrected chi connectivity index (χ1v) is 10.2. The fourth-order valence-electron chi connectivity index (χ4n) is 3.71. The van der Waals surface area contributed by atoms with Crippen LogP contribution in [0.5, 0.6) is 0 Å². The summed E-state index contributed by atoms with van der Waals surface area (Å²) in [7, 11) is 0. The molecule has 1 aromatic carbocycles. The smallest absolute Gasteiger partial charge is 0.252 e. The fraction of sp³-hybridized carbons (Fsp3) is 0.292. The Kier molecular flexibility index (Phi) is 5.65. The molecule has 0 spiro atoms. The molecule has 0 radical (unpaired) electrons. The molecule has 3 heterocycles. The molecule has 6 nitrogen and oxygen atoms in total. The van der Waals surface area contributed by atoms with Gasteiger partial charge in [0, 0.05) is 18.2 Å². The molecule has 0 aliphatic rings. The van der Waals surface area contributed by atoms with E-state index >= 15 is 0 Å². The van der Waals surface area contributed by atoms with Gasteiger partial charge in [0.05, 0.1) is 29.5 Å². The number of rotatable bonds is 7. The Bertz CT molecular complexity index is 1150. The predicted octanol–water partition coefficient (Wildman–Crippen LogP) is 4.44. The predicted molar refractivity (Wildman–Crippen MR) is 117 cm³/mol. The summed E-state index contributed by atoms with van der Waals surface area (Å²) < 4.78 is 7.26. The first-order chi connectivity index (χ1) is 14.5. The van der Waals surface area contributed by atoms with Gasteiger partial charge in [-0.05, 0) is 51.0 Å². The quantitative estimate of drug-likeness (QED) is 0.496. The van der Waals surface area contributed by atoms with Gasteiger partial charge in [-0.25, -0.2) is 9.67 Å². The van der Waals surface area contributed by atoms with Crippen LogP contribution in [0.1, 0.15) is 46.4 Å². The van der Waals surface area contributed by atoms with Gasteiger partial charge in [-0.3, -0.25) is 4.79 Å². The monoisotopic (exact) mass is 402 g/mol. The second kappa shape index (κ2) is 8.53. The van der Waals surface area contributed by atoms with Gasteiger partial charge in [-0.2, -0.15) is 5.10 Å². The van der Waals surface area contributed by atoms with Crippen molar-refractivity contribution in [2.24, 2.45) is 0 Å². The van der Waals surface area contributed by atoms with Gasteiger partial charge in [-0.15, -0.1) is 0 Å². The molecule has 4 aromatic rings. The standard InChI is InChI=1S/C24H26N4O2/c1-16(11-12-20-10-7-13-30-20)26-24(29)21-14-17(2)25-23-22(21)18(3)27-28(23)15-19-8-5-4-6-9-19/h4-10,13-14,16H,11-12,15H2,1-3H3,(H,26,29). The van der Waals surface area contributed by atoms with Crippen LogP contribution in [0.4, 0.5) is 0 Å². The third kappa shape index (κ3) is 4.27. The number of aromatic nitrogens is 3. The number of nitrogens with zero attached hydrogens (tertiary/aromatic N) is 3. The highest BCUT2D eigenvalue weighted by atomic mass is 16.3. The second-order valence-corrected chi connectivity index (χ2v) is 7.73. The van der Waals surface area contributed by atoms with Gasteiger partial charge in [0.15, 0.2) is 5.65 Å².